The average Bonchev–Trinajstić information content (AvgIpc) is 2.82. The summed E-state index contributed by atoms with van der Waals surface area (Å²) in [4.78, 5) is 36.4. The van der Waals surface area contributed by atoms with Gasteiger partial charge in [-0.25, -0.2) is 5.43 Å². The molecule has 34 heavy (non-hydrogen) atoms. The number of nitrogens with zero attached hydrogens (tertiary/aromatic N) is 1. The number of carbonyl (C=O) groups excluding carboxylic acids is 3. The van der Waals surface area contributed by atoms with Crippen LogP contribution in [0.5, 0.6) is 5.75 Å². The van der Waals surface area contributed by atoms with Crippen LogP contribution in [0.4, 0.5) is 11.4 Å². The lowest BCUT2D eigenvalue weighted by Crippen LogP contribution is -2.32. The molecule has 0 aliphatic carbocycles. The van der Waals surface area contributed by atoms with Crippen LogP contribution in [0, 0.1) is 20.8 Å². The largest absolute Gasteiger partial charge is 0.483 e. The molecule has 0 bridgehead atoms. The predicted molar refractivity (Wildman–Crippen MR) is 132 cm³/mol. The Labute approximate surface area is 198 Å². The molecule has 0 saturated carbocycles. The first-order chi connectivity index (χ1) is 16.3. The van der Waals surface area contributed by atoms with E-state index in [1.54, 1.807) is 36.4 Å². The number of hydrogen-bond donors (Lipinski definition) is 3. The molecule has 8 heteroatoms. The summed E-state index contributed by atoms with van der Waals surface area (Å²) in [6, 6.07) is 19.7. The van der Waals surface area contributed by atoms with Gasteiger partial charge in [-0.2, -0.15) is 5.10 Å². The summed E-state index contributed by atoms with van der Waals surface area (Å²) in [6.45, 7) is 5.57. The highest BCUT2D eigenvalue weighted by molar-refractivity contribution is 6.39. The molecule has 3 N–H and O–H groups in total. The third-order valence-electron chi connectivity index (χ3n) is 5.04. The van der Waals surface area contributed by atoms with Gasteiger partial charge in [-0.1, -0.05) is 36.4 Å². The molecule has 174 valence electrons. The normalized spacial score (nSPS) is 10.6. The lowest BCUT2D eigenvalue weighted by atomic mass is 10.1. The van der Waals surface area contributed by atoms with Crippen LogP contribution in [0.25, 0.3) is 0 Å². The third-order valence-corrected chi connectivity index (χ3v) is 5.04. The Bertz CT molecular complexity index is 1240. The first-order valence-corrected chi connectivity index (χ1v) is 10.6. The molecule has 0 aromatic heterocycles. The summed E-state index contributed by atoms with van der Waals surface area (Å²) in [5, 5.41) is 9.17. The van der Waals surface area contributed by atoms with Crippen molar-refractivity contribution in [2.24, 2.45) is 5.10 Å². The van der Waals surface area contributed by atoms with Crippen molar-refractivity contribution < 1.29 is 19.1 Å². The van der Waals surface area contributed by atoms with Crippen molar-refractivity contribution >= 4 is 35.3 Å². The molecule has 0 aliphatic heterocycles. The van der Waals surface area contributed by atoms with Gasteiger partial charge >= 0.3 is 11.8 Å². The van der Waals surface area contributed by atoms with Crippen LogP contribution in [0.15, 0.2) is 71.8 Å². The fraction of sp³-hybridized carbons (Fsp3) is 0.154. The van der Waals surface area contributed by atoms with Gasteiger partial charge in [0.2, 0.25) is 0 Å². The number of carbonyl (C=O) groups is 3. The molecule has 0 heterocycles. The Balaban J connectivity index is 1.54. The van der Waals surface area contributed by atoms with Gasteiger partial charge < -0.3 is 15.4 Å². The first kappa shape index (κ1) is 24.2. The summed E-state index contributed by atoms with van der Waals surface area (Å²) in [7, 11) is 0. The lowest BCUT2D eigenvalue weighted by Gasteiger charge is -2.11. The van der Waals surface area contributed by atoms with Gasteiger partial charge in [0.1, 0.15) is 5.75 Å². The smallest absolute Gasteiger partial charge is 0.329 e. The summed E-state index contributed by atoms with van der Waals surface area (Å²) in [5.41, 5.74) is 6.99. The fourth-order valence-corrected chi connectivity index (χ4v) is 2.98. The third kappa shape index (κ3) is 6.77. The highest BCUT2D eigenvalue weighted by atomic mass is 16.5. The van der Waals surface area contributed by atoms with Gasteiger partial charge in [0, 0.05) is 16.9 Å². The molecule has 8 nitrogen and oxygen atoms in total. The minimum atomic E-state index is -0.912. The maximum Gasteiger partial charge on any atom is 0.329 e. The molecule has 0 spiro atoms. The predicted octanol–water partition coefficient (Wildman–Crippen LogP) is 3.72. The van der Waals surface area contributed by atoms with Crippen LogP contribution in [0.1, 0.15) is 22.3 Å². The first-order valence-electron chi connectivity index (χ1n) is 10.6. The summed E-state index contributed by atoms with van der Waals surface area (Å²) in [5.74, 6) is -1.65. The van der Waals surface area contributed by atoms with Crippen LogP contribution in [0.2, 0.25) is 0 Å². The Morgan fingerprint density at radius 2 is 1.56 bits per heavy atom. The molecule has 0 saturated heterocycles. The van der Waals surface area contributed by atoms with Crippen molar-refractivity contribution in [2.75, 3.05) is 17.2 Å². The Morgan fingerprint density at radius 1 is 0.824 bits per heavy atom. The van der Waals surface area contributed by atoms with Crippen molar-refractivity contribution in [1.82, 2.24) is 5.43 Å². The van der Waals surface area contributed by atoms with Crippen LogP contribution in [0.3, 0.4) is 0 Å². The number of para-hydroxylation sites is 2. The van der Waals surface area contributed by atoms with E-state index in [9.17, 15) is 14.4 Å². The summed E-state index contributed by atoms with van der Waals surface area (Å²) in [6.07, 6.45) is 1.34. The molecular weight excluding hydrogens is 432 g/mol. The van der Waals surface area contributed by atoms with Crippen molar-refractivity contribution in [1.29, 1.82) is 0 Å². The topological polar surface area (TPSA) is 109 Å². The number of ether oxygens (including phenoxy) is 1. The second kappa shape index (κ2) is 11.4. The minimum absolute atomic E-state index is 0.204. The van der Waals surface area contributed by atoms with Crippen LogP contribution >= 0.6 is 0 Å². The zero-order valence-corrected chi connectivity index (χ0v) is 19.2. The number of aryl methyl sites for hydroxylation is 3. The Morgan fingerprint density at radius 3 is 2.32 bits per heavy atom. The van der Waals surface area contributed by atoms with Crippen molar-refractivity contribution in [3.8, 4) is 5.75 Å². The van der Waals surface area contributed by atoms with Crippen LogP contribution in [-0.4, -0.2) is 30.5 Å². The molecule has 3 amide bonds. The van der Waals surface area contributed by atoms with Gasteiger partial charge in [-0.3, -0.25) is 14.4 Å². The van der Waals surface area contributed by atoms with E-state index in [2.05, 4.69) is 21.2 Å². The molecule has 0 aliphatic rings. The highest BCUT2D eigenvalue weighted by Gasteiger charge is 2.13. The lowest BCUT2D eigenvalue weighted by molar-refractivity contribution is -0.136. The number of amides is 3. The van der Waals surface area contributed by atoms with E-state index in [0.29, 0.717) is 22.7 Å². The van der Waals surface area contributed by atoms with E-state index >= 15 is 0 Å². The minimum Gasteiger partial charge on any atom is -0.483 e. The zero-order valence-electron chi connectivity index (χ0n) is 19.2. The van der Waals surface area contributed by atoms with E-state index in [-0.39, 0.29) is 12.5 Å². The number of rotatable bonds is 7. The summed E-state index contributed by atoms with van der Waals surface area (Å²) < 4.78 is 5.62. The molecule has 3 aromatic rings. The number of benzene rings is 3. The van der Waals surface area contributed by atoms with E-state index < -0.39 is 11.8 Å². The maximum absolute atomic E-state index is 12.2. The Hall–Kier alpha value is -4.46. The quantitative estimate of drug-likeness (QED) is 0.285. The SMILES string of the molecule is Cc1ccc(NC(=O)C(=O)N/N=C\c2ccccc2OCC(=O)Nc2ccccc2C)cc1C. The van der Waals surface area contributed by atoms with Crippen molar-refractivity contribution in [2.45, 2.75) is 20.8 Å². The van der Waals surface area contributed by atoms with E-state index in [1.165, 1.54) is 6.21 Å². The molecular formula is C26H26N4O4. The van der Waals surface area contributed by atoms with Gasteiger partial charge in [0.25, 0.3) is 5.91 Å². The van der Waals surface area contributed by atoms with Gasteiger partial charge in [0.15, 0.2) is 6.61 Å². The second-order valence-electron chi connectivity index (χ2n) is 7.64. The Kier molecular flexibility index (Phi) is 8.12. The molecule has 0 unspecified atom stereocenters. The molecule has 3 aromatic carbocycles. The van der Waals surface area contributed by atoms with Gasteiger partial charge in [0.05, 0.1) is 6.21 Å². The zero-order chi connectivity index (χ0) is 24.5. The van der Waals surface area contributed by atoms with Crippen LogP contribution in [-0.2, 0) is 14.4 Å². The number of nitrogens with one attached hydrogen (secondary N) is 3. The molecule has 3 rings (SSSR count). The number of hydrazone groups is 1. The molecule has 0 radical (unpaired) electrons. The summed E-state index contributed by atoms with van der Waals surface area (Å²) >= 11 is 0. The van der Waals surface area contributed by atoms with E-state index in [0.717, 1.165) is 16.7 Å². The monoisotopic (exact) mass is 458 g/mol. The number of anilines is 2. The fourth-order valence-electron chi connectivity index (χ4n) is 2.98. The van der Waals surface area contributed by atoms with Gasteiger partial charge in [-0.05, 0) is 67.8 Å². The molecule has 0 atom stereocenters. The highest BCUT2D eigenvalue weighted by Crippen LogP contribution is 2.17. The second-order valence-corrected chi connectivity index (χ2v) is 7.64. The standard InChI is InChI=1S/C26H26N4O4/c1-17-12-13-21(14-19(17)3)28-25(32)26(33)30-27-15-20-9-5-7-11-23(20)34-16-24(31)29-22-10-6-4-8-18(22)2/h4-15H,16H2,1-3H3,(H,28,32)(H,29,31)(H,30,33)/b27-15-. The van der Waals surface area contributed by atoms with Crippen molar-refractivity contribution in [3.05, 3.63) is 89.0 Å². The number of hydrogen-bond acceptors (Lipinski definition) is 5. The van der Waals surface area contributed by atoms with E-state index in [4.69, 9.17) is 4.74 Å². The van der Waals surface area contributed by atoms with Crippen molar-refractivity contribution in [3.63, 3.8) is 0 Å². The van der Waals surface area contributed by atoms with E-state index in [1.807, 2.05) is 51.1 Å². The van der Waals surface area contributed by atoms with Gasteiger partial charge in [-0.15, -0.1) is 0 Å². The average molecular weight is 459 g/mol. The molecule has 0 fully saturated rings. The van der Waals surface area contributed by atoms with Crippen LogP contribution < -0.4 is 20.8 Å². The maximum atomic E-state index is 12.2.